The molecular weight excluding hydrogens is 865 g/mol. The predicted octanol–water partition coefficient (Wildman–Crippen LogP) is 16.3. The summed E-state index contributed by atoms with van der Waals surface area (Å²) in [6, 6.07) is 76.9. The maximum atomic E-state index is 5.49. The smallest absolute Gasteiger partial charge is 0.164 e. The lowest BCUT2D eigenvalue weighted by Gasteiger charge is -2.18. The number of hydrogen-bond acceptors (Lipinski definition) is 5. The summed E-state index contributed by atoms with van der Waals surface area (Å²) in [6.07, 6.45) is 0. The number of fused-ring (bicyclic) bond motifs is 3. The van der Waals surface area contributed by atoms with Gasteiger partial charge in [-0.2, -0.15) is 0 Å². The summed E-state index contributed by atoms with van der Waals surface area (Å²) in [5.41, 5.74) is 19.8. The van der Waals surface area contributed by atoms with Gasteiger partial charge in [-0.3, -0.25) is 0 Å². The molecular formula is C65H48N6. The van der Waals surface area contributed by atoms with E-state index in [0.29, 0.717) is 23.3 Å². The van der Waals surface area contributed by atoms with Crippen molar-refractivity contribution >= 4 is 21.8 Å². The fourth-order valence-corrected chi connectivity index (χ4v) is 9.99. The molecule has 0 unspecified atom stereocenters. The lowest BCUT2D eigenvalue weighted by Crippen LogP contribution is -2.03. The van der Waals surface area contributed by atoms with E-state index in [1.54, 1.807) is 0 Å². The molecule has 6 heteroatoms. The zero-order valence-corrected chi connectivity index (χ0v) is 40.0. The van der Waals surface area contributed by atoms with Crippen LogP contribution in [0.2, 0.25) is 0 Å². The van der Waals surface area contributed by atoms with Crippen LogP contribution < -0.4 is 0 Å². The standard InChI is InChI=1S/C65H48N6/c1-41-31-42(2)34-52(33-41)49-25-28-54-55-29-26-50(53-35-43(3)32-44(4)36-53)39-61(55)71(60(54)38-49)59-30-27-51(65-69-63(47-21-13-7-14-22-47)68-64(70-65)48-23-15-8-16-24-48)37-56(59)58-40-57(45-17-9-5-10-18-45)66-62(67-58)46-19-11-6-12-20-46/h5-40H,1-4H3. The molecule has 0 aliphatic heterocycles. The monoisotopic (exact) mass is 912 g/mol. The van der Waals surface area contributed by atoms with Gasteiger partial charge in [0.1, 0.15) is 0 Å². The molecule has 0 aliphatic rings. The van der Waals surface area contributed by atoms with Crippen LogP contribution in [0.3, 0.4) is 0 Å². The Morgan fingerprint density at radius 2 is 0.648 bits per heavy atom. The third kappa shape index (κ3) is 8.46. The second-order valence-electron chi connectivity index (χ2n) is 18.5. The minimum Gasteiger partial charge on any atom is -0.309 e. The molecule has 0 N–H and O–H groups in total. The van der Waals surface area contributed by atoms with Crippen molar-refractivity contribution in [2.75, 3.05) is 0 Å². The quantitative estimate of drug-likeness (QED) is 0.144. The second-order valence-corrected chi connectivity index (χ2v) is 18.5. The van der Waals surface area contributed by atoms with Gasteiger partial charge < -0.3 is 4.57 Å². The molecule has 0 saturated carbocycles. The lowest BCUT2D eigenvalue weighted by atomic mass is 9.98. The molecule has 12 rings (SSSR count). The Morgan fingerprint density at radius 3 is 1.10 bits per heavy atom. The molecule has 9 aromatic carbocycles. The van der Waals surface area contributed by atoms with Crippen LogP contribution in [0.15, 0.2) is 218 Å². The topological polar surface area (TPSA) is 69.4 Å². The van der Waals surface area contributed by atoms with E-state index in [4.69, 9.17) is 24.9 Å². The maximum Gasteiger partial charge on any atom is 0.164 e. The van der Waals surface area contributed by atoms with Crippen LogP contribution in [0, 0.1) is 27.7 Å². The van der Waals surface area contributed by atoms with Crippen molar-refractivity contribution in [2.45, 2.75) is 27.7 Å². The fraction of sp³-hybridized carbons (Fsp3) is 0.0615. The molecule has 0 atom stereocenters. The molecule has 71 heavy (non-hydrogen) atoms. The summed E-state index contributed by atoms with van der Waals surface area (Å²) in [7, 11) is 0. The van der Waals surface area contributed by atoms with E-state index < -0.39 is 0 Å². The molecule has 0 aliphatic carbocycles. The van der Waals surface area contributed by atoms with E-state index in [9.17, 15) is 0 Å². The van der Waals surface area contributed by atoms with Crippen molar-refractivity contribution in [1.82, 2.24) is 29.5 Å². The third-order valence-corrected chi connectivity index (χ3v) is 13.2. The predicted molar refractivity (Wildman–Crippen MR) is 292 cm³/mol. The Labute approximate surface area is 413 Å². The van der Waals surface area contributed by atoms with Gasteiger partial charge in [0.15, 0.2) is 23.3 Å². The zero-order valence-electron chi connectivity index (χ0n) is 40.0. The molecule has 12 aromatic rings. The minimum absolute atomic E-state index is 0.558. The first-order chi connectivity index (χ1) is 34.8. The van der Waals surface area contributed by atoms with E-state index in [0.717, 1.165) is 83.4 Å². The van der Waals surface area contributed by atoms with E-state index >= 15 is 0 Å². The van der Waals surface area contributed by atoms with Crippen LogP contribution in [-0.4, -0.2) is 29.5 Å². The van der Waals surface area contributed by atoms with Crippen molar-refractivity contribution in [1.29, 1.82) is 0 Å². The van der Waals surface area contributed by atoms with Crippen LogP contribution in [0.4, 0.5) is 0 Å². The average Bonchev–Trinajstić information content (AvgIpc) is 3.73. The number of rotatable bonds is 9. The van der Waals surface area contributed by atoms with Gasteiger partial charge in [-0.25, -0.2) is 24.9 Å². The van der Waals surface area contributed by atoms with E-state index in [1.165, 1.54) is 33.4 Å². The van der Waals surface area contributed by atoms with Gasteiger partial charge >= 0.3 is 0 Å². The zero-order chi connectivity index (χ0) is 48.0. The molecule has 0 spiro atoms. The summed E-state index contributed by atoms with van der Waals surface area (Å²) in [5, 5.41) is 2.32. The largest absolute Gasteiger partial charge is 0.309 e. The summed E-state index contributed by atoms with van der Waals surface area (Å²) < 4.78 is 2.44. The first kappa shape index (κ1) is 43.2. The summed E-state index contributed by atoms with van der Waals surface area (Å²) in [4.78, 5) is 26.2. The van der Waals surface area contributed by atoms with Gasteiger partial charge in [-0.05, 0) is 86.3 Å². The van der Waals surface area contributed by atoms with Crippen molar-refractivity contribution < 1.29 is 0 Å². The van der Waals surface area contributed by atoms with E-state index in [1.807, 2.05) is 84.9 Å². The number of aryl methyl sites for hydroxylation is 4. The normalized spacial score (nSPS) is 11.4. The number of benzene rings is 9. The highest BCUT2D eigenvalue weighted by molar-refractivity contribution is 6.12. The molecule has 0 saturated heterocycles. The van der Waals surface area contributed by atoms with Crippen LogP contribution >= 0.6 is 0 Å². The van der Waals surface area contributed by atoms with Crippen LogP contribution in [0.5, 0.6) is 0 Å². The first-order valence-electron chi connectivity index (χ1n) is 24.1. The van der Waals surface area contributed by atoms with Crippen molar-refractivity contribution in [3.05, 3.63) is 241 Å². The average molecular weight is 913 g/mol. The highest BCUT2D eigenvalue weighted by Crippen LogP contribution is 2.42. The molecule has 338 valence electrons. The Morgan fingerprint density at radius 1 is 0.268 bits per heavy atom. The Balaban J connectivity index is 1.18. The minimum atomic E-state index is 0.558. The van der Waals surface area contributed by atoms with Gasteiger partial charge in [-0.15, -0.1) is 0 Å². The molecule has 0 bridgehead atoms. The van der Waals surface area contributed by atoms with Gasteiger partial charge in [0.05, 0.1) is 28.1 Å². The van der Waals surface area contributed by atoms with E-state index in [-0.39, 0.29) is 0 Å². The van der Waals surface area contributed by atoms with Gasteiger partial charge in [0.25, 0.3) is 0 Å². The van der Waals surface area contributed by atoms with Gasteiger partial charge in [0.2, 0.25) is 0 Å². The summed E-state index contributed by atoms with van der Waals surface area (Å²) in [6.45, 7) is 8.67. The third-order valence-electron chi connectivity index (χ3n) is 13.2. The van der Waals surface area contributed by atoms with Crippen molar-refractivity contribution in [2.24, 2.45) is 0 Å². The molecule has 6 nitrogen and oxygen atoms in total. The SMILES string of the molecule is Cc1cc(C)cc(-c2ccc3c4ccc(-c5cc(C)cc(C)c5)cc4n(-c4ccc(-c5nc(-c6ccccc6)nc(-c6ccccc6)n5)cc4-c4cc(-c5ccccc5)nc(-c5ccccc5)n4)c3c2)c1. The number of nitrogens with zero attached hydrogens (tertiary/aromatic N) is 6. The summed E-state index contributed by atoms with van der Waals surface area (Å²) >= 11 is 0. The fourth-order valence-electron chi connectivity index (χ4n) is 9.99. The Kier molecular flexibility index (Phi) is 11.0. The van der Waals surface area contributed by atoms with Crippen molar-refractivity contribution in [3.63, 3.8) is 0 Å². The number of hydrogen-bond donors (Lipinski definition) is 0. The highest BCUT2D eigenvalue weighted by Gasteiger charge is 2.22. The highest BCUT2D eigenvalue weighted by atomic mass is 15.0. The van der Waals surface area contributed by atoms with Crippen molar-refractivity contribution in [3.8, 4) is 96.0 Å². The molecule has 3 heterocycles. The summed E-state index contributed by atoms with van der Waals surface area (Å²) in [5.74, 6) is 2.38. The van der Waals surface area contributed by atoms with Crippen LogP contribution in [-0.2, 0) is 0 Å². The number of aromatic nitrogens is 6. The van der Waals surface area contributed by atoms with Gasteiger partial charge in [-0.1, -0.05) is 204 Å². The van der Waals surface area contributed by atoms with Crippen LogP contribution in [0.25, 0.3) is 118 Å². The molecule has 0 fully saturated rings. The maximum absolute atomic E-state index is 5.49. The van der Waals surface area contributed by atoms with Crippen LogP contribution in [0.1, 0.15) is 22.3 Å². The van der Waals surface area contributed by atoms with E-state index in [2.05, 4.69) is 166 Å². The molecule has 0 amide bonds. The molecule has 3 aromatic heterocycles. The second kappa shape index (κ2) is 18.1. The molecule has 0 radical (unpaired) electrons. The van der Waals surface area contributed by atoms with Gasteiger partial charge in [0, 0.05) is 44.2 Å². The lowest BCUT2D eigenvalue weighted by molar-refractivity contribution is 1.07. The Bertz CT molecular complexity index is 3690. The first-order valence-corrected chi connectivity index (χ1v) is 24.1. The Hall–Kier alpha value is -9.13.